The summed E-state index contributed by atoms with van der Waals surface area (Å²) >= 11 is 15.8. The van der Waals surface area contributed by atoms with Gasteiger partial charge in [0.1, 0.15) is 12.4 Å². The highest BCUT2D eigenvalue weighted by Crippen LogP contribution is 2.34. The Bertz CT molecular complexity index is 1150. The zero-order valence-corrected chi connectivity index (χ0v) is 22.0. The fourth-order valence-electron chi connectivity index (χ4n) is 2.59. The van der Waals surface area contributed by atoms with Crippen molar-refractivity contribution in [2.45, 2.75) is 6.61 Å². The SMILES string of the molecule is COc1cc(/C=N\NC(=O)c2cc(Br)c(O)c(Br)c2)c(Br)cc1OCc1ccc(Cl)cc1. The summed E-state index contributed by atoms with van der Waals surface area (Å²) in [7, 11) is 1.54. The molecular formula is C22H16Br3ClN2O4. The summed E-state index contributed by atoms with van der Waals surface area (Å²) in [5, 5.41) is 14.4. The van der Waals surface area contributed by atoms with E-state index in [-0.39, 0.29) is 5.75 Å². The van der Waals surface area contributed by atoms with E-state index in [1.54, 1.807) is 31.4 Å². The summed E-state index contributed by atoms with van der Waals surface area (Å²) in [5.74, 6) is 0.642. The molecule has 0 aliphatic heterocycles. The molecule has 2 N–H and O–H groups in total. The van der Waals surface area contributed by atoms with Crippen molar-refractivity contribution in [2.75, 3.05) is 7.11 Å². The van der Waals surface area contributed by atoms with Crippen LogP contribution in [0.15, 0.2) is 67.1 Å². The van der Waals surface area contributed by atoms with Crippen molar-refractivity contribution < 1.29 is 19.4 Å². The van der Waals surface area contributed by atoms with Crippen LogP contribution >= 0.6 is 59.4 Å². The fraction of sp³-hybridized carbons (Fsp3) is 0.0909. The number of nitrogens with one attached hydrogen (secondary N) is 1. The fourth-order valence-corrected chi connectivity index (χ4v) is 4.32. The maximum absolute atomic E-state index is 12.3. The number of hydrogen-bond donors (Lipinski definition) is 2. The molecule has 0 aliphatic rings. The van der Waals surface area contributed by atoms with Gasteiger partial charge in [-0.15, -0.1) is 0 Å². The molecule has 0 aromatic heterocycles. The molecule has 10 heteroatoms. The van der Waals surface area contributed by atoms with Crippen LogP contribution in [0.4, 0.5) is 0 Å². The Labute approximate surface area is 215 Å². The first kappa shape index (κ1) is 24.6. The molecule has 6 nitrogen and oxygen atoms in total. The smallest absolute Gasteiger partial charge is 0.271 e. The highest BCUT2D eigenvalue weighted by atomic mass is 79.9. The Balaban J connectivity index is 1.70. The third-order valence-electron chi connectivity index (χ3n) is 4.24. The zero-order chi connectivity index (χ0) is 23.3. The number of ether oxygens (including phenoxy) is 2. The van der Waals surface area contributed by atoms with Gasteiger partial charge in [0.2, 0.25) is 0 Å². The predicted octanol–water partition coefficient (Wildman–Crippen LogP) is 6.68. The zero-order valence-electron chi connectivity index (χ0n) is 16.5. The van der Waals surface area contributed by atoms with Gasteiger partial charge in [-0.1, -0.05) is 23.7 Å². The number of nitrogens with zero attached hydrogens (tertiary/aromatic N) is 1. The Hall–Kier alpha value is -2.07. The van der Waals surface area contributed by atoms with Crippen molar-refractivity contribution in [3.8, 4) is 17.2 Å². The lowest BCUT2D eigenvalue weighted by Crippen LogP contribution is -2.17. The summed E-state index contributed by atoms with van der Waals surface area (Å²) in [5.41, 5.74) is 4.42. The van der Waals surface area contributed by atoms with Gasteiger partial charge in [-0.05, 0) is 89.8 Å². The Morgan fingerprint density at radius 1 is 1.06 bits per heavy atom. The van der Waals surface area contributed by atoms with Crippen LogP contribution < -0.4 is 14.9 Å². The molecule has 166 valence electrons. The number of carbonyl (C=O) groups is 1. The summed E-state index contributed by atoms with van der Waals surface area (Å²) in [6, 6.07) is 13.9. The van der Waals surface area contributed by atoms with Crippen LogP contribution in [-0.4, -0.2) is 24.3 Å². The number of hydrazone groups is 1. The minimum absolute atomic E-state index is 0.0134. The molecule has 0 spiro atoms. The van der Waals surface area contributed by atoms with Crippen LogP contribution in [0.25, 0.3) is 0 Å². The predicted molar refractivity (Wildman–Crippen MR) is 135 cm³/mol. The number of halogens is 4. The largest absolute Gasteiger partial charge is 0.506 e. The first-order chi connectivity index (χ1) is 15.3. The van der Waals surface area contributed by atoms with Gasteiger partial charge < -0.3 is 14.6 Å². The molecule has 0 heterocycles. The van der Waals surface area contributed by atoms with Gasteiger partial charge in [0.05, 0.1) is 22.3 Å². The van der Waals surface area contributed by atoms with Crippen LogP contribution in [0, 0.1) is 0 Å². The van der Waals surface area contributed by atoms with Crippen molar-refractivity contribution in [2.24, 2.45) is 5.10 Å². The second-order valence-electron chi connectivity index (χ2n) is 6.43. The molecule has 1 amide bonds. The Kier molecular flexibility index (Phi) is 8.58. The molecule has 3 aromatic rings. The Morgan fingerprint density at radius 3 is 2.34 bits per heavy atom. The van der Waals surface area contributed by atoms with Gasteiger partial charge in [0.15, 0.2) is 11.5 Å². The topological polar surface area (TPSA) is 80.2 Å². The number of methoxy groups -OCH3 is 1. The van der Waals surface area contributed by atoms with Gasteiger partial charge in [-0.3, -0.25) is 4.79 Å². The van der Waals surface area contributed by atoms with E-state index in [1.807, 2.05) is 12.1 Å². The molecule has 3 rings (SSSR count). The van der Waals surface area contributed by atoms with Crippen molar-refractivity contribution in [1.29, 1.82) is 0 Å². The molecule has 32 heavy (non-hydrogen) atoms. The van der Waals surface area contributed by atoms with Gasteiger partial charge in [0.25, 0.3) is 5.91 Å². The number of aromatic hydroxyl groups is 1. The maximum Gasteiger partial charge on any atom is 0.271 e. The standard InChI is InChI=1S/C22H16Br3ClN2O4/c1-31-19-8-14(10-27-28-22(30)13-6-17(24)21(29)18(25)7-13)16(23)9-20(19)32-11-12-2-4-15(26)5-3-12/h2-10,29H,11H2,1H3,(H,28,30)/b27-10-. The third kappa shape index (κ3) is 6.25. The molecule has 0 saturated heterocycles. The number of phenols is 1. The number of phenolic OH excluding ortho intramolecular Hbond substituents is 1. The highest BCUT2D eigenvalue weighted by molar-refractivity contribution is 9.11. The minimum atomic E-state index is -0.436. The molecule has 0 radical (unpaired) electrons. The molecule has 0 saturated carbocycles. The normalized spacial score (nSPS) is 10.9. The molecule has 0 atom stereocenters. The molecule has 0 fully saturated rings. The van der Waals surface area contributed by atoms with Crippen LogP contribution in [0.2, 0.25) is 5.02 Å². The molecule has 0 aliphatic carbocycles. The van der Waals surface area contributed by atoms with E-state index in [0.717, 1.165) is 5.56 Å². The van der Waals surface area contributed by atoms with E-state index >= 15 is 0 Å². The van der Waals surface area contributed by atoms with E-state index in [1.165, 1.54) is 18.3 Å². The van der Waals surface area contributed by atoms with E-state index in [0.29, 0.717) is 47.7 Å². The van der Waals surface area contributed by atoms with Crippen molar-refractivity contribution in [3.05, 3.63) is 83.7 Å². The second-order valence-corrected chi connectivity index (χ2v) is 9.43. The van der Waals surface area contributed by atoms with Gasteiger partial charge in [-0.2, -0.15) is 5.10 Å². The van der Waals surface area contributed by atoms with Crippen LogP contribution in [0.1, 0.15) is 21.5 Å². The van der Waals surface area contributed by atoms with E-state index in [4.69, 9.17) is 21.1 Å². The van der Waals surface area contributed by atoms with Gasteiger partial charge in [0, 0.05) is 20.6 Å². The monoisotopic (exact) mass is 644 g/mol. The molecule has 3 aromatic carbocycles. The number of rotatable bonds is 7. The summed E-state index contributed by atoms with van der Waals surface area (Å²) in [6.07, 6.45) is 1.48. The average molecular weight is 648 g/mol. The summed E-state index contributed by atoms with van der Waals surface area (Å²) in [4.78, 5) is 12.3. The van der Waals surface area contributed by atoms with E-state index in [2.05, 4.69) is 58.3 Å². The van der Waals surface area contributed by atoms with Crippen LogP contribution in [0.3, 0.4) is 0 Å². The lowest BCUT2D eigenvalue weighted by atomic mass is 10.2. The summed E-state index contributed by atoms with van der Waals surface area (Å²) < 4.78 is 12.8. The number of carbonyl (C=O) groups excluding carboxylic acids is 1. The highest BCUT2D eigenvalue weighted by Gasteiger charge is 2.12. The first-order valence-electron chi connectivity index (χ1n) is 9.04. The van der Waals surface area contributed by atoms with E-state index in [9.17, 15) is 9.90 Å². The average Bonchev–Trinajstić information content (AvgIpc) is 2.77. The lowest BCUT2D eigenvalue weighted by molar-refractivity contribution is 0.0955. The quantitative estimate of drug-likeness (QED) is 0.222. The van der Waals surface area contributed by atoms with Crippen LogP contribution in [-0.2, 0) is 6.61 Å². The number of hydrogen-bond acceptors (Lipinski definition) is 5. The molecule has 0 unspecified atom stereocenters. The lowest BCUT2D eigenvalue weighted by Gasteiger charge is -2.13. The second kappa shape index (κ2) is 11.2. The van der Waals surface area contributed by atoms with Gasteiger partial charge >= 0.3 is 0 Å². The van der Waals surface area contributed by atoms with Gasteiger partial charge in [-0.25, -0.2) is 5.43 Å². The third-order valence-corrected chi connectivity index (χ3v) is 6.39. The van der Waals surface area contributed by atoms with Crippen molar-refractivity contribution in [3.63, 3.8) is 0 Å². The minimum Gasteiger partial charge on any atom is -0.506 e. The summed E-state index contributed by atoms with van der Waals surface area (Å²) in [6.45, 7) is 0.348. The Morgan fingerprint density at radius 2 is 1.72 bits per heavy atom. The van der Waals surface area contributed by atoms with Crippen molar-refractivity contribution >= 4 is 71.5 Å². The number of amides is 1. The van der Waals surface area contributed by atoms with Crippen molar-refractivity contribution in [1.82, 2.24) is 5.43 Å². The first-order valence-corrected chi connectivity index (χ1v) is 11.8. The molecular weight excluding hydrogens is 631 g/mol. The van der Waals surface area contributed by atoms with Crippen LogP contribution in [0.5, 0.6) is 17.2 Å². The maximum atomic E-state index is 12.3. The number of benzene rings is 3. The van der Waals surface area contributed by atoms with E-state index < -0.39 is 5.91 Å². The molecule has 0 bridgehead atoms.